The molecule has 0 saturated carbocycles. The number of nitrogens with one attached hydrogen (secondary N) is 1. The van der Waals surface area contributed by atoms with Crippen molar-refractivity contribution in [2.45, 2.75) is 23.7 Å². The number of β-lactam (4-membered cyclic amide) rings is 1. The largest absolute Gasteiger partial charge is 0.479 e. The van der Waals surface area contributed by atoms with Crippen LogP contribution < -0.4 is 15.6 Å². The third-order valence-electron chi connectivity index (χ3n) is 5.52. The molecule has 196 valence electrons. The van der Waals surface area contributed by atoms with E-state index in [1.807, 2.05) is 0 Å². The van der Waals surface area contributed by atoms with Crippen molar-refractivity contribution in [3.63, 3.8) is 0 Å². The summed E-state index contributed by atoms with van der Waals surface area (Å²) >= 11 is 1.97. The minimum absolute atomic E-state index is 0.00215. The first-order valence-corrected chi connectivity index (χ1v) is 12.5. The molecule has 2 aliphatic heterocycles. The number of carbonyl (C=O) groups is 4. The number of fused-ring (bicyclic) bond motifs is 2. The summed E-state index contributed by atoms with van der Waals surface area (Å²) in [5.74, 6) is -4.05. The highest BCUT2D eigenvalue weighted by molar-refractivity contribution is 8.00. The molecular weight excluding hydrogens is 542 g/mol. The molecule has 16 nitrogen and oxygen atoms in total. The number of carboxylic acid groups (broad SMARTS) is 2. The second-order valence-electron chi connectivity index (χ2n) is 7.91. The first kappa shape index (κ1) is 25.1. The molecule has 3 aromatic heterocycles. The molecule has 2 atom stereocenters. The molecule has 2 amide bonds. The Morgan fingerprint density at radius 1 is 1.34 bits per heavy atom. The summed E-state index contributed by atoms with van der Waals surface area (Å²) in [4.78, 5) is 58.7. The number of aromatic nitrogens is 5. The van der Waals surface area contributed by atoms with E-state index >= 15 is 0 Å². The van der Waals surface area contributed by atoms with Crippen LogP contribution in [0.5, 0.6) is 0 Å². The molecule has 18 heteroatoms. The highest BCUT2D eigenvalue weighted by atomic mass is 32.2. The lowest BCUT2D eigenvalue weighted by Crippen LogP contribution is -2.59. The number of aliphatic carboxylic acids is 2. The van der Waals surface area contributed by atoms with Crippen molar-refractivity contribution in [3.8, 4) is 0 Å². The van der Waals surface area contributed by atoms with E-state index < -0.39 is 40.9 Å². The van der Waals surface area contributed by atoms with E-state index in [2.05, 4.69) is 24.9 Å². The predicted octanol–water partition coefficient (Wildman–Crippen LogP) is -1.35. The lowest BCUT2D eigenvalue weighted by Gasteiger charge is -2.46. The zero-order valence-electron chi connectivity index (χ0n) is 19.1. The molecule has 0 aromatic carbocycles. The van der Waals surface area contributed by atoms with E-state index in [1.54, 1.807) is 39.8 Å². The number of imidazole rings is 1. The molecule has 2 aliphatic rings. The van der Waals surface area contributed by atoms with Gasteiger partial charge in [-0.25, -0.2) is 14.2 Å². The number of carbonyl (C=O) groups excluding carboxylic acids is 2. The first-order valence-electron chi connectivity index (χ1n) is 10.8. The number of hydrogen-bond donors (Lipinski definition) is 4. The van der Waals surface area contributed by atoms with Gasteiger partial charge in [-0.3, -0.25) is 14.5 Å². The number of carboxylic acids is 2. The minimum atomic E-state index is -1.33. The van der Waals surface area contributed by atoms with Crippen molar-refractivity contribution in [3.05, 3.63) is 47.8 Å². The summed E-state index contributed by atoms with van der Waals surface area (Å²) in [6, 6.07) is 3.49. The number of oxime groups is 1. The van der Waals surface area contributed by atoms with Gasteiger partial charge in [0.25, 0.3) is 5.91 Å². The van der Waals surface area contributed by atoms with Gasteiger partial charge in [0.05, 0.1) is 18.0 Å². The fourth-order valence-corrected chi connectivity index (χ4v) is 5.77. The summed E-state index contributed by atoms with van der Waals surface area (Å²) in [6.07, 6.45) is 5.06. The average molecular weight is 561 g/mol. The van der Waals surface area contributed by atoms with Gasteiger partial charge in [0.1, 0.15) is 23.8 Å². The number of nitrogens with zero attached hydrogens (tertiary/aromatic N) is 7. The highest BCUT2D eigenvalue weighted by Crippen LogP contribution is 2.43. The Bertz CT molecular complexity index is 1530. The Labute approximate surface area is 220 Å². The van der Waals surface area contributed by atoms with Gasteiger partial charge in [0.15, 0.2) is 11.3 Å². The van der Waals surface area contributed by atoms with Crippen LogP contribution in [0.4, 0.5) is 5.13 Å². The number of thioether (sulfide) groups is 1. The van der Waals surface area contributed by atoms with Gasteiger partial charge in [0, 0.05) is 23.2 Å². The highest BCUT2D eigenvalue weighted by Gasteiger charge is 2.49. The van der Waals surface area contributed by atoms with Crippen LogP contribution in [0, 0.1) is 0 Å². The summed E-state index contributed by atoms with van der Waals surface area (Å²) in [5, 5.41) is 28.0. The van der Waals surface area contributed by atoms with Crippen LogP contribution >= 0.6 is 23.3 Å². The number of nitrogens with two attached hydrogens (primary N) is 1. The maximum Gasteiger partial charge on any atom is 0.352 e. The molecule has 5 rings (SSSR count). The smallest absolute Gasteiger partial charge is 0.352 e. The number of amides is 2. The van der Waals surface area contributed by atoms with Gasteiger partial charge in [-0.2, -0.15) is 9.36 Å². The Balaban J connectivity index is 1.51. The standard InChI is InChI=1S/C20H17N9O7S2/c21-20-23-16(26-38-20)14(25-36-8-13(31)32)17(33)24-18-9(7-27-4-5-28-10(27)2-1-3-22-28)15(19(34)35)29-11(30)6-12(29)37-18/h1-5,12,18H,6-8H2,(H4-,21,23,24,26,31,32,33,34,35)/p+1/b25-14-/t12-,18?/m1/s1. The van der Waals surface area contributed by atoms with Gasteiger partial charge in [0.2, 0.25) is 24.1 Å². The molecule has 0 aliphatic carbocycles. The van der Waals surface area contributed by atoms with Gasteiger partial charge < -0.3 is 26.1 Å². The SMILES string of the molecule is Nc1nc(/C(=N/OCC(=O)O)C(=O)NC2S[C@@H]3CC(=O)N3C(C(=O)O)=C2C[n+]2ccn3ncccc32)ns1. The van der Waals surface area contributed by atoms with E-state index in [0.29, 0.717) is 5.65 Å². The van der Waals surface area contributed by atoms with E-state index in [9.17, 15) is 24.3 Å². The second-order valence-corrected chi connectivity index (χ2v) is 9.98. The normalized spacial score (nSPS) is 19.2. The monoisotopic (exact) mass is 560 g/mol. The topological polar surface area (TPSA) is 219 Å². The first-order chi connectivity index (χ1) is 18.2. The quantitative estimate of drug-likeness (QED) is 0.103. The van der Waals surface area contributed by atoms with Crippen molar-refractivity contribution < 1.29 is 38.8 Å². The van der Waals surface area contributed by atoms with E-state index in [-0.39, 0.29) is 41.1 Å². The Morgan fingerprint density at radius 2 is 2.16 bits per heavy atom. The van der Waals surface area contributed by atoms with Gasteiger partial charge in [-0.1, -0.05) is 10.3 Å². The van der Waals surface area contributed by atoms with E-state index in [0.717, 1.165) is 11.5 Å². The molecule has 3 aromatic rings. The Morgan fingerprint density at radius 3 is 2.84 bits per heavy atom. The van der Waals surface area contributed by atoms with Gasteiger partial charge in [-0.15, -0.1) is 16.3 Å². The van der Waals surface area contributed by atoms with Crippen molar-refractivity contribution in [1.29, 1.82) is 0 Å². The van der Waals surface area contributed by atoms with Crippen LogP contribution in [0.1, 0.15) is 12.2 Å². The lowest BCUT2D eigenvalue weighted by molar-refractivity contribution is -0.663. The third-order valence-corrected chi connectivity index (χ3v) is 7.43. The van der Waals surface area contributed by atoms with Crippen LogP contribution in [0.2, 0.25) is 0 Å². The maximum absolute atomic E-state index is 13.3. The number of anilines is 1. The van der Waals surface area contributed by atoms with Crippen molar-refractivity contribution in [1.82, 2.24) is 29.2 Å². The second kappa shape index (κ2) is 10.1. The molecule has 1 unspecified atom stereocenters. The molecule has 5 N–H and O–H groups in total. The third kappa shape index (κ3) is 4.73. The van der Waals surface area contributed by atoms with Crippen LogP contribution in [0.3, 0.4) is 0 Å². The van der Waals surface area contributed by atoms with Crippen LogP contribution in [0.25, 0.3) is 5.65 Å². The van der Waals surface area contributed by atoms with Crippen LogP contribution in [-0.2, 0) is 30.6 Å². The van der Waals surface area contributed by atoms with Gasteiger partial charge >= 0.3 is 17.6 Å². The van der Waals surface area contributed by atoms with Crippen LogP contribution in [-0.4, -0.2) is 80.9 Å². The lowest BCUT2D eigenvalue weighted by atomic mass is 10.1. The summed E-state index contributed by atoms with van der Waals surface area (Å²) in [6.45, 7) is -0.823. The van der Waals surface area contributed by atoms with Crippen LogP contribution in [0.15, 0.2) is 47.1 Å². The Hall–Kier alpha value is -4.58. The fourth-order valence-electron chi connectivity index (χ4n) is 3.91. The summed E-state index contributed by atoms with van der Waals surface area (Å²) < 4.78 is 7.25. The molecule has 0 spiro atoms. The average Bonchev–Trinajstić information content (AvgIpc) is 3.48. The number of hydrogen-bond acceptors (Lipinski definition) is 12. The molecule has 1 fully saturated rings. The molecule has 38 heavy (non-hydrogen) atoms. The van der Waals surface area contributed by atoms with Crippen molar-refractivity contribution in [2.75, 3.05) is 12.3 Å². The molecular formula is C20H18N9O7S2+. The van der Waals surface area contributed by atoms with E-state index in [1.165, 1.54) is 16.7 Å². The van der Waals surface area contributed by atoms with Crippen molar-refractivity contribution >= 4 is 63.5 Å². The Kier molecular flexibility index (Phi) is 6.64. The molecule has 0 radical (unpaired) electrons. The summed E-state index contributed by atoms with van der Waals surface area (Å²) in [7, 11) is 0. The van der Waals surface area contributed by atoms with Gasteiger partial charge in [-0.05, 0) is 6.07 Å². The number of rotatable bonds is 9. The predicted molar refractivity (Wildman–Crippen MR) is 129 cm³/mol. The van der Waals surface area contributed by atoms with Crippen molar-refractivity contribution in [2.24, 2.45) is 5.16 Å². The zero-order valence-corrected chi connectivity index (χ0v) is 20.8. The molecule has 1 saturated heterocycles. The molecule has 5 heterocycles. The molecule has 0 bridgehead atoms. The number of nitrogen functional groups attached to an aromatic ring is 1. The van der Waals surface area contributed by atoms with E-state index in [4.69, 9.17) is 15.7 Å². The minimum Gasteiger partial charge on any atom is -0.479 e. The summed E-state index contributed by atoms with van der Waals surface area (Å²) in [5.41, 5.74) is 5.82. The maximum atomic E-state index is 13.3. The zero-order chi connectivity index (χ0) is 27.0. The fraction of sp³-hybridized carbons (Fsp3) is 0.250.